The predicted octanol–water partition coefficient (Wildman–Crippen LogP) is 2.23. The van der Waals surface area contributed by atoms with Crippen molar-refractivity contribution in [1.29, 1.82) is 0 Å². The lowest BCUT2D eigenvalue weighted by Gasteiger charge is -2.12. The number of hydrogen-bond acceptors (Lipinski definition) is 6. The summed E-state index contributed by atoms with van der Waals surface area (Å²) in [6.45, 7) is 4.52. The number of aryl methyl sites for hydroxylation is 1. The zero-order chi connectivity index (χ0) is 16.1. The summed E-state index contributed by atoms with van der Waals surface area (Å²) < 4.78 is 0. The van der Waals surface area contributed by atoms with Gasteiger partial charge in [-0.05, 0) is 6.92 Å². The molecule has 2 rings (SSSR count). The molecule has 2 aromatic heterocycles. The number of urea groups is 1. The van der Waals surface area contributed by atoms with Crippen LogP contribution in [0.5, 0.6) is 0 Å². The molecule has 0 aliphatic carbocycles. The van der Waals surface area contributed by atoms with Crippen molar-refractivity contribution < 1.29 is 4.79 Å². The number of anilines is 2. The van der Waals surface area contributed by atoms with Crippen molar-refractivity contribution in [2.45, 2.75) is 19.8 Å². The number of amides is 2. The number of carbonyl (C=O) groups is 1. The second-order valence-electron chi connectivity index (χ2n) is 5.23. The van der Waals surface area contributed by atoms with Crippen molar-refractivity contribution in [2.24, 2.45) is 0 Å². The molecule has 0 saturated carbocycles. The van der Waals surface area contributed by atoms with E-state index >= 15 is 0 Å². The molecule has 1 atom stereocenters. The van der Waals surface area contributed by atoms with Gasteiger partial charge in [-0.2, -0.15) is 0 Å². The molecule has 2 N–H and O–H groups in total. The Morgan fingerprint density at radius 3 is 2.59 bits per heavy atom. The van der Waals surface area contributed by atoms with Gasteiger partial charge in [-0.1, -0.05) is 6.92 Å². The number of nitrogens with zero attached hydrogens (tertiary/aromatic N) is 4. The fourth-order valence-corrected chi connectivity index (χ4v) is 2.58. The Bertz CT molecular complexity index is 625. The van der Waals surface area contributed by atoms with Gasteiger partial charge in [-0.3, -0.25) is 0 Å². The van der Waals surface area contributed by atoms with Gasteiger partial charge in [0.1, 0.15) is 0 Å². The quantitative estimate of drug-likeness (QED) is 0.883. The van der Waals surface area contributed by atoms with Gasteiger partial charge in [-0.25, -0.2) is 19.7 Å². The third kappa shape index (κ3) is 4.39. The van der Waals surface area contributed by atoms with Crippen LogP contribution in [0.1, 0.15) is 23.5 Å². The molecule has 0 radical (unpaired) electrons. The number of hydrogen-bond donors (Lipinski definition) is 2. The average molecular weight is 320 g/mol. The molecule has 0 spiro atoms. The molecule has 22 heavy (non-hydrogen) atoms. The van der Waals surface area contributed by atoms with Crippen LogP contribution in [-0.4, -0.2) is 41.6 Å². The van der Waals surface area contributed by atoms with Crippen LogP contribution in [-0.2, 0) is 0 Å². The van der Waals surface area contributed by atoms with Crippen LogP contribution in [0.2, 0.25) is 0 Å². The minimum atomic E-state index is -0.277. The molecule has 0 bridgehead atoms. The first-order valence-electron chi connectivity index (χ1n) is 6.92. The van der Waals surface area contributed by atoms with E-state index in [0.29, 0.717) is 18.2 Å². The Morgan fingerprint density at radius 2 is 2.05 bits per heavy atom. The maximum absolute atomic E-state index is 11.9. The SMILES string of the molecule is Cc1csc([C@@H](C)CNC(=O)Nc2cnc(N(C)C)nc2)n1. The van der Waals surface area contributed by atoms with Gasteiger partial charge in [0.15, 0.2) is 0 Å². The molecule has 7 nitrogen and oxygen atoms in total. The summed E-state index contributed by atoms with van der Waals surface area (Å²) in [5.41, 5.74) is 1.57. The standard InChI is InChI=1S/C14H20N6OS/c1-9(12-18-10(2)8-22-12)5-17-14(21)19-11-6-15-13(16-7-11)20(3)4/h6-9H,5H2,1-4H3,(H2,17,19,21)/t9-/m0/s1. The Morgan fingerprint density at radius 1 is 1.36 bits per heavy atom. The van der Waals surface area contributed by atoms with E-state index in [1.807, 2.05) is 33.3 Å². The maximum Gasteiger partial charge on any atom is 0.319 e. The highest BCUT2D eigenvalue weighted by molar-refractivity contribution is 7.09. The van der Waals surface area contributed by atoms with Crippen molar-refractivity contribution in [3.05, 3.63) is 28.5 Å². The molecule has 0 unspecified atom stereocenters. The molecular weight excluding hydrogens is 300 g/mol. The number of aromatic nitrogens is 3. The molecule has 8 heteroatoms. The summed E-state index contributed by atoms with van der Waals surface area (Å²) in [5.74, 6) is 0.774. The zero-order valence-electron chi connectivity index (χ0n) is 13.1. The van der Waals surface area contributed by atoms with E-state index in [-0.39, 0.29) is 11.9 Å². The van der Waals surface area contributed by atoms with E-state index in [9.17, 15) is 4.79 Å². The summed E-state index contributed by atoms with van der Waals surface area (Å²) in [4.78, 5) is 26.4. The smallest absolute Gasteiger partial charge is 0.319 e. The molecule has 2 aromatic rings. The molecule has 0 aliphatic rings. The topological polar surface area (TPSA) is 83.0 Å². The largest absolute Gasteiger partial charge is 0.347 e. The predicted molar refractivity (Wildman–Crippen MR) is 88.6 cm³/mol. The summed E-state index contributed by atoms with van der Waals surface area (Å²) in [6.07, 6.45) is 3.16. The van der Waals surface area contributed by atoms with Gasteiger partial charge >= 0.3 is 6.03 Å². The molecule has 118 valence electrons. The van der Waals surface area contributed by atoms with Gasteiger partial charge in [0.2, 0.25) is 5.95 Å². The third-order valence-electron chi connectivity index (χ3n) is 2.92. The lowest BCUT2D eigenvalue weighted by atomic mass is 10.2. The molecule has 0 aliphatic heterocycles. The Labute approximate surface area is 133 Å². The van der Waals surface area contributed by atoms with E-state index in [2.05, 4.69) is 25.6 Å². The highest BCUT2D eigenvalue weighted by Crippen LogP contribution is 2.18. The molecular formula is C14H20N6OS. The fraction of sp³-hybridized carbons (Fsp3) is 0.429. The Kier molecular flexibility index (Phi) is 5.26. The summed E-state index contributed by atoms with van der Waals surface area (Å²) in [7, 11) is 3.72. The number of rotatable bonds is 5. The average Bonchev–Trinajstić information content (AvgIpc) is 2.92. The monoisotopic (exact) mass is 320 g/mol. The van der Waals surface area contributed by atoms with Gasteiger partial charge < -0.3 is 15.5 Å². The van der Waals surface area contributed by atoms with Crippen LogP contribution in [0.25, 0.3) is 0 Å². The first-order chi connectivity index (χ1) is 10.5. The van der Waals surface area contributed by atoms with E-state index in [0.717, 1.165) is 10.7 Å². The van der Waals surface area contributed by atoms with Crippen molar-refractivity contribution in [1.82, 2.24) is 20.3 Å². The van der Waals surface area contributed by atoms with E-state index in [4.69, 9.17) is 0 Å². The van der Waals surface area contributed by atoms with Crippen LogP contribution < -0.4 is 15.5 Å². The normalized spacial score (nSPS) is 11.8. The Hall–Kier alpha value is -2.22. The minimum absolute atomic E-state index is 0.178. The van der Waals surface area contributed by atoms with Crippen LogP contribution in [0.4, 0.5) is 16.4 Å². The zero-order valence-corrected chi connectivity index (χ0v) is 13.9. The van der Waals surface area contributed by atoms with Crippen molar-refractivity contribution >= 4 is 29.0 Å². The van der Waals surface area contributed by atoms with E-state index in [1.54, 1.807) is 28.6 Å². The lowest BCUT2D eigenvalue weighted by molar-refractivity contribution is 0.251. The second-order valence-corrected chi connectivity index (χ2v) is 6.12. The first-order valence-corrected chi connectivity index (χ1v) is 7.80. The third-order valence-corrected chi connectivity index (χ3v) is 4.12. The van der Waals surface area contributed by atoms with Gasteiger partial charge in [-0.15, -0.1) is 11.3 Å². The number of nitrogens with one attached hydrogen (secondary N) is 2. The fourth-order valence-electron chi connectivity index (χ4n) is 1.72. The van der Waals surface area contributed by atoms with Gasteiger partial charge in [0.05, 0.1) is 23.1 Å². The molecule has 0 saturated heterocycles. The van der Waals surface area contributed by atoms with Crippen LogP contribution in [0.15, 0.2) is 17.8 Å². The molecule has 2 amide bonds. The van der Waals surface area contributed by atoms with E-state index in [1.165, 1.54) is 0 Å². The van der Waals surface area contributed by atoms with Crippen molar-refractivity contribution in [3.63, 3.8) is 0 Å². The first kappa shape index (κ1) is 16.2. The highest BCUT2D eigenvalue weighted by atomic mass is 32.1. The second kappa shape index (κ2) is 7.17. The van der Waals surface area contributed by atoms with Crippen molar-refractivity contribution in [2.75, 3.05) is 30.9 Å². The summed E-state index contributed by atoms with van der Waals surface area (Å²) in [5, 5.41) is 8.57. The summed E-state index contributed by atoms with van der Waals surface area (Å²) in [6, 6.07) is -0.277. The van der Waals surface area contributed by atoms with Crippen LogP contribution in [0, 0.1) is 6.92 Å². The van der Waals surface area contributed by atoms with Crippen LogP contribution in [0.3, 0.4) is 0 Å². The number of carbonyl (C=O) groups excluding carboxylic acids is 1. The minimum Gasteiger partial charge on any atom is -0.347 e. The van der Waals surface area contributed by atoms with Crippen molar-refractivity contribution in [3.8, 4) is 0 Å². The lowest BCUT2D eigenvalue weighted by Crippen LogP contribution is -2.31. The molecule has 0 aromatic carbocycles. The van der Waals surface area contributed by atoms with Crippen LogP contribution >= 0.6 is 11.3 Å². The molecule has 0 fully saturated rings. The maximum atomic E-state index is 11.9. The highest BCUT2D eigenvalue weighted by Gasteiger charge is 2.11. The summed E-state index contributed by atoms with van der Waals surface area (Å²) >= 11 is 1.61. The van der Waals surface area contributed by atoms with Gasteiger partial charge in [0, 0.05) is 37.6 Å². The van der Waals surface area contributed by atoms with Gasteiger partial charge in [0.25, 0.3) is 0 Å². The van der Waals surface area contributed by atoms with E-state index < -0.39 is 0 Å². The Balaban J connectivity index is 1.82. The number of thiazole rings is 1. The molecule has 2 heterocycles.